The van der Waals surface area contributed by atoms with Gasteiger partial charge < -0.3 is 14.2 Å². The summed E-state index contributed by atoms with van der Waals surface area (Å²) in [6, 6.07) is 0. The Labute approximate surface area is 414 Å². The molecule has 0 aromatic rings. The second kappa shape index (κ2) is 55.4. The molecule has 0 radical (unpaired) electrons. The van der Waals surface area contributed by atoms with Crippen molar-refractivity contribution in [2.75, 3.05) is 13.2 Å². The van der Waals surface area contributed by atoms with E-state index in [0.29, 0.717) is 19.3 Å². The van der Waals surface area contributed by atoms with Crippen LogP contribution in [-0.2, 0) is 28.6 Å². The molecule has 386 valence electrons. The van der Waals surface area contributed by atoms with Gasteiger partial charge in [-0.05, 0) is 109 Å². The van der Waals surface area contributed by atoms with Gasteiger partial charge in [0.05, 0.1) is 0 Å². The fraction of sp³-hybridized carbons (Fsp3) is 0.754. The molecule has 0 N–H and O–H groups in total. The molecule has 0 aliphatic rings. The molecule has 0 rings (SSSR count). The Morgan fingerprint density at radius 1 is 0.313 bits per heavy atom. The van der Waals surface area contributed by atoms with E-state index in [9.17, 15) is 14.4 Å². The van der Waals surface area contributed by atoms with E-state index in [0.717, 1.165) is 103 Å². The lowest BCUT2D eigenvalue weighted by Crippen LogP contribution is -2.30. The number of allylic oxidation sites excluding steroid dienone is 12. The molecule has 0 aliphatic carbocycles. The van der Waals surface area contributed by atoms with Crippen molar-refractivity contribution in [3.8, 4) is 0 Å². The minimum atomic E-state index is -0.788. The van der Waals surface area contributed by atoms with E-state index in [4.69, 9.17) is 14.2 Å². The summed E-state index contributed by atoms with van der Waals surface area (Å²) in [7, 11) is 0. The van der Waals surface area contributed by atoms with Crippen LogP contribution in [0, 0.1) is 0 Å². The van der Waals surface area contributed by atoms with Gasteiger partial charge in [0.2, 0.25) is 0 Å². The predicted molar refractivity (Wildman–Crippen MR) is 288 cm³/mol. The molecular weight excluding hydrogens is 829 g/mol. The predicted octanol–water partition coefficient (Wildman–Crippen LogP) is 19.0. The van der Waals surface area contributed by atoms with E-state index in [1.165, 1.54) is 135 Å². The zero-order valence-electron chi connectivity index (χ0n) is 44.2. The van der Waals surface area contributed by atoms with E-state index in [1.807, 2.05) is 0 Å². The second-order valence-electron chi connectivity index (χ2n) is 18.8. The Morgan fingerprint density at radius 2 is 0.582 bits per heavy atom. The Hall–Kier alpha value is -3.15. The van der Waals surface area contributed by atoms with Gasteiger partial charge in [-0.3, -0.25) is 14.4 Å². The van der Waals surface area contributed by atoms with Crippen LogP contribution in [0.1, 0.15) is 278 Å². The molecule has 1 atom stereocenters. The quantitative estimate of drug-likeness (QED) is 0.0262. The van der Waals surface area contributed by atoms with Crippen LogP contribution in [0.5, 0.6) is 0 Å². The maximum Gasteiger partial charge on any atom is 0.306 e. The summed E-state index contributed by atoms with van der Waals surface area (Å²) in [5.41, 5.74) is 0. The summed E-state index contributed by atoms with van der Waals surface area (Å²) in [5, 5.41) is 0. The van der Waals surface area contributed by atoms with Crippen LogP contribution in [0.2, 0.25) is 0 Å². The maximum atomic E-state index is 12.8. The third-order valence-electron chi connectivity index (χ3n) is 12.2. The zero-order chi connectivity index (χ0) is 48.6. The Bertz CT molecular complexity index is 1260. The third kappa shape index (κ3) is 53.7. The second-order valence-corrected chi connectivity index (χ2v) is 18.8. The van der Waals surface area contributed by atoms with Crippen molar-refractivity contribution in [3.05, 3.63) is 72.9 Å². The lowest BCUT2D eigenvalue weighted by Gasteiger charge is -2.18. The summed E-state index contributed by atoms with van der Waals surface area (Å²) in [4.78, 5) is 38.1. The van der Waals surface area contributed by atoms with Gasteiger partial charge in [-0.25, -0.2) is 0 Å². The number of unbranched alkanes of at least 4 members (excludes halogenated alkanes) is 28. The van der Waals surface area contributed by atoms with Gasteiger partial charge in [-0.2, -0.15) is 0 Å². The van der Waals surface area contributed by atoms with E-state index in [2.05, 4.69) is 93.7 Å². The fourth-order valence-corrected chi connectivity index (χ4v) is 7.89. The molecule has 67 heavy (non-hydrogen) atoms. The maximum absolute atomic E-state index is 12.8. The summed E-state index contributed by atoms with van der Waals surface area (Å²) in [5.74, 6) is -0.904. The first-order valence-corrected chi connectivity index (χ1v) is 28.4. The van der Waals surface area contributed by atoms with Gasteiger partial charge in [0, 0.05) is 19.3 Å². The molecule has 0 aromatic heterocycles. The summed E-state index contributed by atoms with van der Waals surface area (Å²) < 4.78 is 16.8. The van der Waals surface area contributed by atoms with Crippen LogP contribution in [0.25, 0.3) is 0 Å². The monoisotopic (exact) mass is 935 g/mol. The van der Waals surface area contributed by atoms with Crippen molar-refractivity contribution in [3.63, 3.8) is 0 Å². The molecule has 0 aromatic carbocycles. The lowest BCUT2D eigenvalue weighted by atomic mass is 10.1. The van der Waals surface area contributed by atoms with Crippen molar-refractivity contribution < 1.29 is 28.6 Å². The highest BCUT2D eigenvalue weighted by Crippen LogP contribution is 2.15. The molecular formula is C61H106O6. The van der Waals surface area contributed by atoms with Gasteiger partial charge in [0.15, 0.2) is 6.10 Å². The SMILES string of the molecule is CC/C=C/C/C=C/C/C=C/CCCCCCCC(=O)O[C@H](COC(=O)CCCCCCCCC/C=C/CCCCCC)COC(=O)CCCCCCCCCCC/C=C/C/C=C/CCCCC. The standard InChI is InChI=1S/C61H106O6/c1-4-7-10-13-16-19-22-25-28-29-30-31-34-36-39-42-45-48-51-54-60(63)66-57-58(67-61(64)55-52-49-46-43-40-37-33-27-24-21-18-15-12-9-6-3)56-65-59(62)53-50-47-44-41-38-35-32-26-23-20-17-14-11-8-5-2/h9,12,16,18-21,23,25,27-28,33,58H,4-8,10-11,13-15,17,22,24,26,29-32,34-57H2,1-3H3/b12-9+,19-16+,21-18+,23-20+,28-25+,33-27+/t58-/m1/s1. The van der Waals surface area contributed by atoms with Crippen LogP contribution >= 0.6 is 0 Å². The van der Waals surface area contributed by atoms with Crippen LogP contribution in [-0.4, -0.2) is 37.2 Å². The van der Waals surface area contributed by atoms with Crippen LogP contribution in [0.3, 0.4) is 0 Å². The normalized spacial score (nSPS) is 12.6. The van der Waals surface area contributed by atoms with Gasteiger partial charge in [0.25, 0.3) is 0 Å². The molecule has 0 aliphatic heterocycles. The van der Waals surface area contributed by atoms with Crippen molar-refractivity contribution in [1.29, 1.82) is 0 Å². The number of carbonyl (C=O) groups is 3. The first-order chi connectivity index (χ1) is 33.0. The minimum Gasteiger partial charge on any atom is -0.462 e. The smallest absolute Gasteiger partial charge is 0.306 e. The molecule has 0 saturated carbocycles. The fourth-order valence-electron chi connectivity index (χ4n) is 7.89. The zero-order valence-corrected chi connectivity index (χ0v) is 44.2. The number of hydrogen-bond donors (Lipinski definition) is 0. The van der Waals surface area contributed by atoms with Crippen molar-refractivity contribution in [1.82, 2.24) is 0 Å². The highest BCUT2D eigenvalue weighted by atomic mass is 16.6. The molecule has 0 unspecified atom stereocenters. The molecule has 0 saturated heterocycles. The average Bonchev–Trinajstić information content (AvgIpc) is 3.33. The minimum absolute atomic E-state index is 0.0855. The van der Waals surface area contributed by atoms with Gasteiger partial charge in [-0.1, -0.05) is 222 Å². The van der Waals surface area contributed by atoms with Crippen LogP contribution < -0.4 is 0 Å². The highest BCUT2D eigenvalue weighted by molar-refractivity contribution is 5.71. The van der Waals surface area contributed by atoms with Crippen molar-refractivity contribution in [2.24, 2.45) is 0 Å². The van der Waals surface area contributed by atoms with Gasteiger partial charge in [0.1, 0.15) is 13.2 Å². The van der Waals surface area contributed by atoms with Crippen LogP contribution in [0.4, 0.5) is 0 Å². The molecule has 0 fully saturated rings. The topological polar surface area (TPSA) is 78.9 Å². The van der Waals surface area contributed by atoms with Crippen LogP contribution in [0.15, 0.2) is 72.9 Å². The Morgan fingerprint density at radius 3 is 0.955 bits per heavy atom. The third-order valence-corrected chi connectivity index (χ3v) is 12.2. The highest BCUT2D eigenvalue weighted by Gasteiger charge is 2.19. The molecule has 0 bridgehead atoms. The molecule has 0 heterocycles. The summed E-state index contributed by atoms with van der Waals surface area (Å²) in [6.45, 7) is 6.49. The first kappa shape index (κ1) is 63.8. The van der Waals surface area contributed by atoms with E-state index < -0.39 is 6.10 Å². The Kier molecular flexibility index (Phi) is 52.8. The Balaban J connectivity index is 4.39. The number of ether oxygens (including phenoxy) is 3. The lowest BCUT2D eigenvalue weighted by molar-refractivity contribution is -0.167. The van der Waals surface area contributed by atoms with Gasteiger partial charge >= 0.3 is 17.9 Å². The number of esters is 3. The molecule has 0 amide bonds. The van der Waals surface area contributed by atoms with E-state index in [-0.39, 0.29) is 31.1 Å². The van der Waals surface area contributed by atoms with Crippen molar-refractivity contribution >= 4 is 17.9 Å². The van der Waals surface area contributed by atoms with Gasteiger partial charge in [-0.15, -0.1) is 0 Å². The average molecular weight is 936 g/mol. The summed E-state index contributed by atoms with van der Waals surface area (Å²) in [6.07, 6.45) is 70.3. The number of hydrogen-bond acceptors (Lipinski definition) is 6. The number of rotatable bonds is 51. The first-order valence-electron chi connectivity index (χ1n) is 28.4. The largest absolute Gasteiger partial charge is 0.462 e. The molecule has 6 nitrogen and oxygen atoms in total. The molecule has 6 heteroatoms. The van der Waals surface area contributed by atoms with E-state index >= 15 is 0 Å². The number of carbonyl (C=O) groups excluding carboxylic acids is 3. The molecule has 0 spiro atoms. The van der Waals surface area contributed by atoms with Crippen molar-refractivity contribution in [2.45, 2.75) is 284 Å². The van der Waals surface area contributed by atoms with E-state index in [1.54, 1.807) is 0 Å². The summed E-state index contributed by atoms with van der Waals surface area (Å²) >= 11 is 0.